The standard InChI is InChI=1S/C26H34N4O4/c1-2-3-14-32-23-7-5-4-6-20(23)21-16-22(28-27-21)26(31)30-12-10-29(11-13-30)17-19-8-9-24-25(15-19)34-18-33-24/h4-9,15,21-22,27-28H,2-3,10-14,16-18H2,1H3. The lowest BCUT2D eigenvalue weighted by Crippen LogP contribution is -2.53. The van der Waals surface area contributed by atoms with E-state index in [2.05, 4.69) is 40.9 Å². The Morgan fingerprint density at radius 1 is 1.06 bits per heavy atom. The van der Waals surface area contributed by atoms with Crippen LogP contribution in [0.5, 0.6) is 17.2 Å². The van der Waals surface area contributed by atoms with E-state index in [0.717, 1.165) is 68.4 Å². The predicted molar refractivity (Wildman–Crippen MR) is 129 cm³/mol. The molecule has 2 fully saturated rings. The van der Waals surface area contributed by atoms with Crippen molar-refractivity contribution in [3.05, 3.63) is 53.6 Å². The van der Waals surface area contributed by atoms with Crippen LogP contribution in [-0.4, -0.2) is 61.3 Å². The summed E-state index contributed by atoms with van der Waals surface area (Å²) in [6.45, 7) is 7.21. The average molecular weight is 467 g/mol. The summed E-state index contributed by atoms with van der Waals surface area (Å²) in [7, 11) is 0. The van der Waals surface area contributed by atoms with Crippen molar-refractivity contribution in [3.63, 3.8) is 0 Å². The van der Waals surface area contributed by atoms with Gasteiger partial charge in [0.1, 0.15) is 11.8 Å². The van der Waals surface area contributed by atoms with Gasteiger partial charge in [0.25, 0.3) is 0 Å². The summed E-state index contributed by atoms with van der Waals surface area (Å²) in [4.78, 5) is 17.6. The third kappa shape index (κ3) is 5.14. The van der Waals surface area contributed by atoms with Crippen LogP contribution in [0.4, 0.5) is 0 Å². The van der Waals surface area contributed by atoms with E-state index in [9.17, 15) is 4.79 Å². The van der Waals surface area contributed by atoms with Crippen molar-refractivity contribution in [1.82, 2.24) is 20.7 Å². The third-order valence-electron chi connectivity index (χ3n) is 6.78. The number of ether oxygens (including phenoxy) is 3. The number of piperazine rings is 1. The number of fused-ring (bicyclic) bond motifs is 1. The maximum atomic E-state index is 13.2. The van der Waals surface area contributed by atoms with Gasteiger partial charge in [-0.1, -0.05) is 37.6 Å². The van der Waals surface area contributed by atoms with E-state index in [1.165, 1.54) is 5.56 Å². The highest BCUT2D eigenvalue weighted by Crippen LogP contribution is 2.33. The van der Waals surface area contributed by atoms with Gasteiger partial charge in [0.05, 0.1) is 12.6 Å². The van der Waals surface area contributed by atoms with Crippen LogP contribution < -0.4 is 25.1 Å². The van der Waals surface area contributed by atoms with E-state index < -0.39 is 0 Å². The molecule has 1 amide bonds. The van der Waals surface area contributed by atoms with Crippen molar-refractivity contribution < 1.29 is 19.0 Å². The molecule has 0 aliphatic carbocycles. The van der Waals surface area contributed by atoms with E-state index in [1.807, 2.05) is 29.2 Å². The summed E-state index contributed by atoms with van der Waals surface area (Å²) in [6, 6.07) is 14.1. The van der Waals surface area contributed by atoms with Gasteiger partial charge in [-0.05, 0) is 36.6 Å². The van der Waals surface area contributed by atoms with Gasteiger partial charge in [0, 0.05) is 38.3 Å². The van der Waals surface area contributed by atoms with Gasteiger partial charge in [-0.2, -0.15) is 0 Å². The molecular weight excluding hydrogens is 432 g/mol. The lowest BCUT2D eigenvalue weighted by Gasteiger charge is -2.35. The Bertz CT molecular complexity index is 993. The number of carbonyl (C=O) groups excluding carboxylic acids is 1. The maximum Gasteiger partial charge on any atom is 0.241 e. The van der Waals surface area contributed by atoms with Gasteiger partial charge in [-0.15, -0.1) is 0 Å². The molecule has 0 aromatic heterocycles. The van der Waals surface area contributed by atoms with Crippen LogP contribution in [0.25, 0.3) is 0 Å². The van der Waals surface area contributed by atoms with Gasteiger partial charge in [-0.25, -0.2) is 10.9 Å². The Kier molecular flexibility index (Phi) is 7.18. The molecule has 34 heavy (non-hydrogen) atoms. The summed E-state index contributed by atoms with van der Waals surface area (Å²) in [5.41, 5.74) is 8.87. The number of para-hydroxylation sites is 1. The number of hydrogen-bond acceptors (Lipinski definition) is 7. The van der Waals surface area contributed by atoms with Crippen molar-refractivity contribution in [1.29, 1.82) is 0 Å². The molecule has 8 nitrogen and oxygen atoms in total. The second kappa shape index (κ2) is 10.6. The monoisotopic (exact) mass is 466 g/mol. The molecule has 5 rings (SSSR count). The first-order chi connectivity index (χ1) is 16.7. The lowest BCUT2D eigenvalue weighted by molar-refractivity contribution is -0.135. The van der Waals surface area contributed by atoms with Gasteiger partial charge in [0.15, 0.2) is 11.5 Å². The number of unbranched alkanes of at least 4 members (excludes halogenated alkanes) is 1. The summed E-state index contributed by atoms with van der Waals surface area (Å²) in [6.07, 6.45) is 2.85. The second-order valence-corrected chi connectivity index (χ2v) is 9.16. The molecule has 2 N–H and O–H groups in total. The lowest BCUT2D eigenvalue weighted by atomic mass is 10.0. The minimum Gasteiger partial charge on any atom is -0.493 e. The number of carbonyl (C=O) groups is 1. The summed E-state index contributed by atoms with van der Waals surface area (Å²) < 4.78 is 16.9. The Balaban J connectivity index is 1.12. The molecule has 2 unspecified atom stereocenters. The fourth-order valence-corrected chi connectivity index (χ4v) is 4.79. The molecule has 3 aliphatic heterocycles. The molecule has 2 saturated heterocycles. The predicted octanol–water partition coefficient (Wildman–Crippen LogP) is 2.85. The minimum absolute atomic E-state index is 0.0547. The number of benzene rings is 2. The molecule has 0 spiro atoms. The number of hydrogen-bond donors (Lipinski definition) is 2. The minimum atomic E-state index is -0.228. The number of rotatable bonds is 8. The first-order valence-corrected chi connectivity index (χ1v) is 12.3. The van der Waals surface area contributed by atoms with Crippen molar-refractivity contribution in [2.75, 3.05) is 39.6 Å². The summed E-state index contributed by atoms with van der Waals surface area (Å²) in [5.74, 6) is 2.70. The Morgan fingerprint density at radius 2 is 1.88 bits per heavy atom. The Morgan fingerprint density at radius 3 is 2.74 bits per heavy atom. The highest BCUT2D eigenvalue weighted by atomic mass is 16.7. The largest absolute Gasteiger partial charge is 0.493 e. The van der Waals surface area contributed by atoms with E-state index in [1.54, 1.807) is 0 Å². The molecule has 0 radical (unpaired) electrons. The zero-order valence-electron chi connectivity index (χ0n) is 19.8. The van der Waals surface area contributed by atoms with Crippen LogP contribution in [0.3, 0.4) is 0 Å². The highest BCUT2D eigenvalue weighted by molar-refractivity contribution is 5.82. The Hall–Kier alpha value is -2.81. The fourth-order valence-electron chi connectivity index (χ4n) is 4.79. The molecule has 182 valence electrons. The van der Waals surface area contributed by atoms with Crippen molar-refractivity contribution >= 4 is 5.91 Å². The molecule has 2 aromatic carbocycles. The van der Waals surface area contributed by atoms with E-state index in [-0.39, 0.29) is 18.0 Å². The number of amides is 1. The summed E-state index contributed by atoms with van der Waals surface area (Å²) in [5, 5.41) is 0. The molecule has 8 heteroatoms. The van der Waals surface area contributed by atoms with Crippen LogP contribution in [0.1, 0.15) is 43.4 Å². The van der Waals surface area contributed by atoms with E-state index in [4.69, 9.17) is 14.2 Å². The molecule has 2 atom stereocenters. The smallest absolute Gasteiger partial charge is 0.241 e. The molecule has 2 aromatic rings. The van der Waals surface area contributed by atoms with Gasteiger partial charge in [0.2, 0.25) is 12.7 Å². The normalized spacial score (nSPS) is 22.2. The first kappa shape index (κ1) is 23.0. The fraction of sp³-hybridized carbons (Fsp3) is 0.500. The number of nitrogens with zero attached hydrogens (tertiary/aromatic N) is 2. The number of hydrazine groups is 1. The van der Waals surface area contributed by atoms with Crippen LogP contribution in [0.2, 0.25) is 0 Å². The van der Waals surface area contributed by atoms with Crippen molar-refractivity contribution in [2.45, 2.75) is 44.8 Å². The molecule has 3 heterocycles. The third-order valence-corrected chi connectivity index (χ3v) is 6.78. The first-order valence-electron chi connectivity index (χ1n) is 12.3. The van der Waals surface area contributed by atoms with Crippen LogP contribution >= 0.6 is 0 Å². The quantitative estimate of drug-likeness (QED) is 0.580. The van der Waals surface area contributed by atoms with Gasteiger partial charge < -0.3 is 19.1 Å². The van der Waals surface area contributed by atoms with Gasteiger partial charge >= 0.3 is 0 Å². The zero-order valence-corrected chi connectivity index (χ0v) is 19.8. The highest BCUT2D eigenvalue weighted by Gasteiger charge is 2.35. The topological polar surface area (TPSA) is 75.3 Å². The van der Waals surface area contributed by atoms with E-state index in [0.29, 0.717) is 19.8 Å². The average Bonchev–Trinajstić information content (AvgIpc) is 3.54. The molecule has 3 aliphatic rings. The van der Waals surface area contributed by atoms with Crippen molar-refractivity contribution in [3.8, 4) is 17.2 Å². The van der Waals surface area contributed by atoms with Crippen LogP contribution in [0.15, 0.2) is 42.5 Å². The molecule has 0 bridgehead atoms. The number of nitrogens with one attached hydrogen (secondary N) is 2. The second-order valence-electron chi connectivity index (χ2n) is 9.16. The van der Waals surface area contributed by atoms with Crippen LogP contribution in [-0.2, 0) is 11.3 Å². The molecular formula is C26H34N4O4. The van der Waals surface area contributed by atoms with Crippen molar-refractivity contribution in [2.24, 2.45) is 0 Å². The summed E-state index contributed by atoms with van der Waals surface area (Å²) >= 11 is 0. The van der Waals surface area contributed by atoms with Gasteiger partial charge in [-0.3, -0.25) is 9.69 Å². The zero-order chi connectivity index (χ0) is 23.3. The van der Waals surface area contributed by atoms with Crippen LogP contribution in [0, 0.1) is 0 Å². The SMILES string of the molecule is CCCCOc1ccccc1C1CC(C(=O)N2CCN(Cc3ccc4c(c3)OCO4)CC2)NN1. The Labute approximate surface area is 201 Å². The maximum absolute atomic E-state index is 13.2. The molecule has 0 saturated carbocycles. The van der Waals surface area contributed by atoms with E-state index >= 15 is 0 Å².